The molecule has 0 saturated heterocycles. The molecule has 0 aromatic heterocycles. The van der Waals surface area contributed by atoms with Crippen molar-refractivity contribution < 1.29 is 4.79 Å². The van der Waals surface area contributed by atoms with Gasteiger partial charge < -0.3 is 10.6 Å². The molecule has 0 spiro atoms. The van der Waals surface area contributed by atoms with E-state index in [1.807, 2.05) is 31.2 Å². The van der Waals surface area contributed by atoms with E-state index >= 15 is 0 Å². The Morgan fingerprint density at radius 3 is 2.68 bits per heavy atom. The Balaban J connectivity index is 2.14. The Bertz CT molecular complexity index is 524. The number of carbonyl (C=O) groups excluding carboxylic acids is 1. The minimum Gasteiger partial charge on any atom is -0.366 e. The Kier molecular flexibility index (Phi) is 4.11. The van der Waals surface area contributed by atoms with E-state index in [9.17, 15) is 4.79 Å². The highest BCUT2D eigenvalue weighted by Crippen LogP contribution is 2.18. The fraction of sp³-hybridized carbons (Fsp3) is 0.308. The highest BCUT2D eigenvalue weighted by atomic mass is 32.1. The molecule has 0 bridgehead atoms. The molecular formula is C13H16N4OS. The largest absolute Gasteiger partial charge is 0.366 e. The van der Waals surface area contributed by atoms with Crippen LogP contribution in [0, 0.1) is 5.92 Å². The summed E-state index contributed by atoms with van der Waals surface area (Å²) in [4.78, 5) is 11.2. The molecule has 2 rings (SSSR count). The van der Waals surface area contributed by atoms with Crippen LogP contribution < -0.4 is 16.1 Å². The normalized spacial score (nSPS) is 18.3. The predicted octanol–water partition coefficient (Wildman–Crippen LogP) is 1.46. The van der Waals surface area contributed by atoms with Gasteiger partial charge in [0, 0.05) is 25.1 Å². The van der Waals surface area contributed by atoms with Gasteiger partial charge in [-0.15, -0.1) is 0 Å². The van der Waals surface area contributed by atoms with Crippen LogP contribution in [0.3, 0.4) is 0 Å². The van der Waals surface area contributed by atoms with Gasteiger partial charge in [-0.2, -0.15) is 5.10 Å². The fourth-order valence-corrected chi connectivity index (χ4v) is 2.04. The van der Waals surface area contributed by atoms with Crippen LogP contribution in [0.25, 0.3) is 0 Å². The maximum atomic E-state index is 11.2. The monoisotopic (exact) mass is 276 g/mol. The minimum absolute atomic E-state index is 0.0334. The molecule has 0 aliphatic carbocycles. The van der Waals surface area contributed by atoms with E-state index in [4.69, 9.17) is 12.2 Å². The molecule has 5 nitrogen and oxygen atoms in total. The summed E-state index contributed by atoms with van der Waals surface area (Å²) in [6.45, 7) is 2.00. The third-order valence-electron chi connectivity index (χ3n) is 2.93. The van der Waals surface area contributed by atoms with Crippen LogP contribution in [0.4, 0.5) is 5.69 Å². The molecular weight excluding hydrogens is 260 g/mol. The van der Waals surface area contributed by atoms with Crippen LogP contribution >= 0.6 is 12.2 Å². The molecule has 1 aromatic carbocycles. The molecule has 100 valence electrons. The Labute approximate surface area is 117 Å². The smallest absolute Gasteiger partial charge is 0.240 e. The van der Waals surface area contributed by atoms with E-state index in [-0.39, 0.29) is 11.8 Å². The van der Waals surface area contributed by atoms with Gasteiger partial charge in [0.15, 0.2) is 5.11 Å². The average Bonchev–Trinajstić information content (AvgIpc) is 2.40. The lowest BCUT2D eigenvalue weighted by molar-refractivity contribution is -0.121. The molecule has 1 heterocycles. The minimum atomic E-state index is -0.0334. The number of benzene rings is 1. The van der Waals surface area contributed by atoms with Gasteiger partial charge in [-0.05, 0) is 29.9 Å². The summed E-state index contributed by atoms with van der Waals surface area (Å²) in [5.74, 6) is 0.0971. The van der Waals surface area contributed by atoms with Crippen LogP contribution in [0.1, 0.15) is 18.9 Å². The first-order valence-corrected chi connectivity index (χ1v) is 6.46. The van der Waals surface area contributed by atoms with E-state index in [0.29, 0.717) is 11.5 Å². The summed E-state index contributed by atoms with van der Waals surface area (Å²) in [6, 6.07) is 7.80. The van der Waals surface area contributed by atoms with Crippen molar-refractivity contribution in [3.8, 4) is 0 Å². The van der Waals surface area contributed by atoms with E-state index in [1.165, 1.54) is 0 Å². The van der Waals surface area contributed by atoms with E-state index in [0.717, 1.165) is 17.0 Å². The second-order valence-corrected chi connectivity index (χ2v) is 4.83. The zero-order chi connectivity index (χ0) is 13.8. The van der Waals surface area contributed by atoms with Gasteiger partial charge in [-0.1, -0.05) is 19.1 Å². The summed E-state index contributed by atoms with van der Waals surface area (Å²) in [5, 5.41) is 10.6. The number of hydrogen-bond donors (Lipinski definition) is 3. The van der Waals surface area contributed by atoms with E-state index in [2.05, 4.69) is 21.2 Å². The number of rotatable bonds is 2. The molecule has 1 aromatic rings. The Hall–Kier alpha value is -1.95. The first-order chi connectivity index (χ1) is 9.10. The highest BCUT2D eigenvalue weighted by molar-refractivity contribution is 7.80. The second kappa shape index (κ2) is 5.79. The zero-order valence-electron chi connectivity index (χ0n) is 10.9. The quantitative estimate of drug-likeness (QED) is 0.716. The highest BCUT2D eigenvalue weighted by Gasteiger charge is 2.21. The predicted molar refractivity (Wildman–Crippen MR) is 80.2 cm³/mol. The summed E-state index contributed by atoms with van der Waals surface area (Å²) in [7, 11) is 1.77. The number of thiocarbonyl (C=S) groups is 1. The van der Waals surface area contributed by atoms with Gasteiger partial charge >= 0.3 is 0 Å². The van der Waals surface area contributed by atoms with Crippen LogP contribution in [0.15, 0.2) is 29.4 Å². The van der Waals surface area contributed by atoms with Crippen LogP contribution in [0.5, 0.6) is 0 Å². The number of nitrogens with one attached hydrogen (secondary N) is 3. The van der Waals surface area contributed by atoms with E-state index < -0.39 is 0 Å². The fourth-order valence-electron chi connectivity index (χ4n) is 1.92. The molecule has 6 heteroatoms. The number of anilines is 1. The van der Waals surface area contributed by atoms with Crippen molar-refractivity contribution in [3.05, 3.63) is 29.8 Å². The maximum Gasteiger partial charge on any atom is 0.240 e. The van der Waals surface area contributed by atoms with Crippen molar-refractivity contribution in [2.75, 3.05) is 12.4 Å². The van der Waals surface area contributed by atoms with Gasteiger partial charge in [-0.25, -0.2) is 5.43 Å². The standard InChI is InChI=1S/C13H16N4OS/c1-8-7-11(18)16-17-12(8)9-3-5-10(6-4-9)15-13(19)14-2/h3-6,8H,7H2,1-2H3,(H,16,18)(H2,14,15,19). The van der Waals surface area contributed by atoms with Crippen molar-refractivity contribution in [2.24, 2.45) is 11.0 Å². The third kappa shape index (κ3) is 3.29. The molecule has 0 radical (unpaired) electrons. The summed E-state index contributed by atoms with van der Waals surface area (Å²) in [5.41, 5.74) is 5.35. The van der Waals surface area contributed by atoms with Crippen LogP contribution in [-0.4, -0.2) is 23.8 Å². The van der Waals surface area contributed by atoms with Gasteiger partial charge in [0.1, 0.15) is 0 Å². The first-order valence-electron chi connectivity index (χ1n) is 6.05. The van der Waals surface area contributed by atoms with Gasteiger partial charge in [-0.3, -0.25) is 4.79 Å². The molecule has 1 aliphatic heterocycles. The Morgan fingerprint density at radius 1 is 1.42 bits per heavy atom. The molecule has 1 aliphatic rings. The third-order valence-corrected chi connectivity index (χ3v) is 3.23. The SMILES string of the molecule is CNC(=S)Nc1ccc(C2=NNC(=O)CC2C)cc1. The van der Waals surface area contributed by atoms with Gasteiger partial charge in [0.25, 0.3) is 0 Å². The van der Waals surface area contributed by atoms with Crippen molar-refractivity contribution in [1.82, 2.24) is 10.7 Å². The molecule has 1 amide bonds. The lowest BCUT2D eigenvalue weighted by Crippen LogP contribution is -2.31. The summed E-state index contributed by atoms with van der Waals surface area (Å²) >= 11 is 5.03. The molecule has 1 atom stereocenters. The zero-order valence-corrected chi connectivity index (χ0v) is 11.7. The molecule has 0 saturated carbocycles. The number of amides is 1. The number of nitrogens with zero attached hydrogens (tertiary/aromatic N) is 1. The topological polar surface area (TPSA) is 65.5 Å². The molecule has 19 heavy (non-hydrogen) atoms. The molecule has 3 N–H and O–H groups in total. The average molecular weight is 276 g/mol. The maximum absolute atomic E-state index is 11.2. The number of carbonyl (C=O) groups is 1. The van der Waals surface area contributed by atoms with Crippen molar-refractivity contribution >= 4 is 34.6 Å². The van der Waals surface area contributed by atoms with Gasteiger partial charge in [0.05, 0.1) is 5.71 Å². The number of hydrogen-bond acceptors (Lipinski definition) is 3. The second-order valence-electron chi connectivity index (χ2n) is 4.42. The van der Waals surface area contributed by atoms with Gasteiger partial charge in [0.2, 0.25) is 5.91 Å². The molecule has 0 fully saturated rings. The summed E-state index contributed by atoms with van der Waals surface area (Å²) < 4.78 is 0. The number of hydrazone groups is 1. The van der Waals surface area contributed by atoms with Crippen LogP contribution in [0.2, 0.25) is 0 Å². The van der Waals surface area contributed by atoms with Crippen LogP contribution in [-0.2, 0) is 4.79 Å². The lowest BCUT2D eigenvalue weighted by Gasteiger charge is -2.19. The van der Waals surface area contributed by atoms with Crippen molar-refractivity contribution in [3.63, 3.8) is 0 Å². The van der Waals surface area contributed by atoms with E-state index in [1.54, 1.807) is 7.05 Å². The Morgan fingerprint density at radius 2 is 2.11 bits per heavy atom. The van der Waals surface area contributed by atoms with Crippen molar-refractivity contribution in [2.45, 2.75) is 13.3 Å². The lowest BCUT2D eigenvalue weighted by atomic mass is 9.94. The van der Waals surface area contributed by atoms with Crippen molar-refractivity contribution in [1.29, 1.82) is 0 Å². The first kappa shape index (κ1) is 13.5. The summed E-state index contributed by atoms with van der Waals surface area (Å²) in [6.07, 6.45) is 0.475. The molecule has 1 unspecified atom stereocenters.